The molecule has 4 rings (SSSR count). The van der Waals surface area contributed by atoms with Gasteiger partial charge in [0.15, 0.2) is 0 Å². The predicted molar refractivity (Wildman–Crippen MR) is 92.4 cm³/mol. The summed E-state index contributed by atoms with van der Waals surface area (Å²) >= 11 is 1.63. The second-order valence-electron chi connectivity index (χ2n) is 5.67. The molecule has 0 spiro atoms. The minimum atomic E-state index is -0.0150. The number of thiazole rings is 1. The van der Waals surface area contributed by atoms with Crippen LogP contribution in [0.2, 0.25) is 0 Å². The molecular weight excluding hydrogens is 306 g/mol. The predicted octanol–water partition coefficient (Wildman–Crippen LogP) is 3.56. The van der Waals surface area contributed by atoms with Gasteiger partial charge in [-0.3, -0.25) is 0 Å². The number of nitrogens with zero attached hydrogens (tertiary/aromatic N) is 2. The fraction of sp³-hybridized carbons (Fsp3) is 0.222. The van der Waals surface area contributed by atoms with Crippen LogP contribution in [0.15, 0.2) is 48.5 Å². The third-order valence-corrected chi connectivity index (χ3v) is 5.18. The summed E-state index contributed by atoms with van der Waals surface area (Å²) in [6.07, 6.45) is 0.921. The van der Waals surface area contributed by atoms with Gasteiger partial charge in [0.25, 0.3) is 0 Å². The number of fused-ring (bicyclic) bond motifs is 2. The highest BCUT2D eigenvalue weighted by atomic mass is 32.1. The minimum Gasteiger partial charge on any atom is -0.331 e. The maximum Gasteiger partial charge on any atom is 0.318 e. The van der Waals surface area contributed by atoms with Crippen LogP contribution in [0, 0.1) is 0 Å². The summed E-state index contributed by atoms with van der Waals surface area (Å²) in [5.74, 6) is 0. The lowest BCUT2D eigenvalue weighted by atomic mass is 10.0. The van der Waals surface area contributed by atoms with Crippen LogP contribution in [0.4, 0.5) is 4.79 Å². The number of aromatic nitrogens is 1. The molecule has 3 aromatic rings. The normalized spacial score (nSPS) is 13.8. The number of nitrogens with one attached hydrogen (secondary N) is 1. The Hall–Kier alpha value is -2.40. The first-order valence-electron chi connectivity index (χ1n) is 7.73. The monoisotopic (exact) mass is 323 g/mol. The van der Waals surface area contributed by atoms with Crippen molar-refractivity contribution in [2.45, 2.75) is 19.5 Å². The summed E-state index contributed by atoms with van der Waals surface area (Å²) in [5.41, 5.74) is 3.59. The molecule has 0 unspecified atom stereocenters. The van der Waals surface area contributed by atoms with Crippen molar-refractivity contribution in [3.63, 3.8) is 0 Å². The Morgan fingerprint density at radius 2 is 1.91 bits per heavy atom. The molecule has 2 heterocycles. The van der Waals surface area contributed by atoms with Crippen LogP contribution in [0.25, 0.3) is 10.2 Å². The van der Waals surface area contributed by atoms with Crippen molar-refractivity contribution >= 4 is 27.6 Å². The van der Waals surface area contributed by atoms with E-state index in [1.54, 1.807) is 11.3 Å². The molecule has 23 heavy (non-hydrogen) atoms. The van der Waals surface area contributed by atoms with Gasteiger partial charge in [0.1, 0.15) is 5.01 Å². The number of benzene rings is 2. The van der Waals surface area contributed by atoms with Crippen LogP contribution in [-0.4, -0.2) is 22.5 Å². The number of hydrogen-bond donors (Lipinski definition) is 1. The molecule has 0 bridgehead atoms. The van der Waals surface area contributed by atoms with E-state index in [-0.39, 0.29) is 6.03 Å². The molecule has 1 aliphatic heterocycles. The van der Waals surface area contributed by atoms with E-state index >= 15 is 0 Å². The largest absolute Gasteiger partial charge is 0.331 e. The fourth-order valence-corrected chi connectivity index (χ4v) is 3.83. The molecule has 2 amide bonds. The average Bonchev–Trinajstić information content (AvgIpc) is 3.02. The molecular formula is C18H17N3OS. The van der Waals surface area contributed by atoms with Gasteiger partial charge in [0.05, 0.1) is 16.8 Å². The van der Waals surface area contributed by atoms with E-state index in [0.29, 0.717) is 13.1 Å². The fourth-order valence-electron chi connectivity index (χ4n) is 2.93. The topological polar surface area (TPSA) is 45.2 Å². The maximum absolute atomic E-state index is 12.4. The summed E-state index contributed by atoms with van der Waals surface area (Å²) in [7, 11) is 0. The van der Waals surface area contributed by atoms with Crippen LogP contribution in [-0.2, 0) is 19.5 Å². The molecule has 116 valence electrons. The zero-order valence-corrected chi connectivity index (χ0v) is 13.5. The summed E-state index contributed by atoms with van der Waals surface area (Å²) in [4.78, 5) is 18.8. The zero-order chi connectivity index (χ0) is 15.6. The number of hydrogen-bond acceptors (Lipinski definition) is 3. The quantitative estimate of drug-likeness (QED) is 0.784. The Morgan fingerprint density at radius 1 is 1.13 bits per heavy atom. The molecule has 1 N–H and O–H groups in total. The molecule has 0 atom stereocenters. The third-order valence-electron chi connectivity index (χ3n) is 4.15. The SMILES string of the molecule is O=C(NCc1nc2ccccc2s1)N1CCc2ccccc2C1. The van der Waals surface area contributed by atoms with Gasteiger partial charge in [-0.2, -0.15) is 0 Å². The van der Waals surface area contributed by atoms with Gasteiger partial charge in [-0.15, -0.1) is 11.3 Å². The lowest BCUT2D eigenvalue weighted by molar-refractivity contribution is 0.192. The van der Waals surface area contributed by atoms with Crippen molar-refractivity contribution in [2.75, 3.05) is 6.54 Å². The van der Waals surface area contributed by atoms with E-state index in [2.05, 4.69) is 34.6 Å². The average molecular weight is 323 g/mol. The third kappa shape index (κ3) is 2.92. The summed E-state index contributed by atoms with van der Waals surface area (Å²) < 4.78 is 1.16. The van der Waals surface area contributed by atoms with Crippen molar-refractivity contribution in [3.8, 4) is 0 Å². The molecule has 5 heteroatoms. The van der Waals surface area contributed by atoms with Gasteiger partial charge in [-0.1, -0.05) is 36.4 Å². The molecule has 1 aliphatic rings. The van der Waals surface area contributed by atoms with Crippen molar-refractivity contribution < 1.29 is 4.79 Å². The number of carbonyl (C=O) groups excluding carboxylic acids is 1. The van der Waals surface area contributed by atoms with E-state index in [1.807, 2.05) is 29.2 Å². The van der Waals surface area contributed by atoms with Crippen LogP contribution in [0.3, 0.4) is 0 Å². The van der Waals surface area contributed by atoms with Crippen LogP contribution in [0.1, 0.15) is 16.1 Å². The first kappa shape index (κ1) is 14.2. The Morgan fingerprint density at radius 3 is 2.78 bits per heavy atom. The zero-order valence-electron chi connectivity index (χ0n) is 12.7. The van der Waals surface area contributed by atoms with Gasteiger partial charge in [0.2, 0.25) is 0 Å². The van der Waals surface area contributed by atoms with Gasteiger partial charge >= 0.3 is 6.03 Å². The number of rotatable bonds is 2. The Balaban J connectivity index is 1.40. The number of para-hydroxylation sites is 1. The lowest BCUT2D eigenvalue weighted by Crippen LogP contribution is -2.42. The highest BCUT2D eigenvalue weighted by Gasteiger charge is 2.20. The summed E-state index contributed by atoms with van der Waals surface area (Å²) in [6, 6.07) is 16.4. The van der Waals surface area contributed by atoms with Gasteiger partial charge in [-0.25, -0.2) is 9.78 Å². The van der Waals surface area contributed by atoms with Crippen molar-refractivity contribution in [2.24, 2.45) is 0 Å². The van der Waals surface area contributed by atoms with E-state index in [9.17, 15) is 4.79 Å². The maximum atomic E-state index is 12.4. The molecule has 0 saturated heterocycles. The molecule has 0 saturated carbocycles. The molecule has 2 aromatic carbocycles. The first-order chi connectivity index (χ1) is 11.3. The van der Waals surface area contributed by atoms with Gasteiger partial charge < -0.3 is 10.2 Å². The second-order valence-corrected chi connectivity index (χ2v) is 6.79. The van der Waals surface area contributed by atoms with Crippen LogP contribution in [0.5, 0.6) is 0 Å². The number of carbonyl (C=O) groups is 1. The second kappa shape index (κ2) is 6.01. The van der Waals surface area contributed by atoms with E-state index < -0.39 is 0 Å². The smallest absolute Gasteiger partial charge is 0.318 e. The Bertz CT molecular complexity index is 825. The number of amides is 2. The van der Waals surface area contributed by atoms with Gasteiger partial charge in [-0.05, 0) is 29.7 Å². The minimum absolute atomic E-state index is 0.0150. The summed E-state index contributed by atoms with van der Waals surface area (Å²) in [6.45, 7) is 1.93. The number of urea groups is 1. The Kier molecular flexibility index (Phi) is 3.71. The standard InChI is InChI=1S/C18H17N3OS/c22-18(21-10-9-13-5-1-2-6-14(13)12-21)19-11-17-20-15-7-3-4-8-16(15)23-17/h1-8H,9-12H2,(H,19,22). The van der Waals surface area contributed by atoms with Crippen LogP contribution >= 0.6 is 11.3 Å². The summed E-state index contributed by atoms with van der Waals surface area (Å²) in [5, 5.41) is 3.94. The molecule has 0 fully saturated rings. The van der Waals surface area contributed by atoms with Crippen LogP contribution < -0.4 is 5.32 Å². The van der Waals surface area contributed by atoms with Crippen molar-refractivity contribution in [1.29, 1.82) is 0 Å². The molecule has 0 aliphatic carbocycles. The first-order valence-corrected chi connectivity index (χ1v) is 8.55. The molecule has 1 aromatic heterocycles. The van der Waals surface area contributed by atoms with E-state index in [0.717, 1.165) is 28.2 Å². The van der Waals surface area contributed by atoms with E-state index in [1.165, 1.54) is 11.1 Å². The highest BCUT2D eigenvalue weighted by molar-refractivity contribution is 7.18. The molecule has 0 radical (unpaired) electrons. The van der Waals surface area contributed by atoms with Crippen molar-refractivity contribution in [3.05, 3.63) is 64.7 Å². The van der Waals surface area contributed by atoms with Gasteiger partial charge in [0, 0.05) is 13.1 Å². The highest BCUT2D eigenvalue weighted by Crippen LogP contribution is 2.22. The Labute approximate surface area is 138 Å². The lowest BCUT2D eigenvalue weighted by Gasteiger charge is -2.28. The van der Waals surface area contributed by atoms with E-state index in [4.69, 9.17) is 0 Å². The molecule has 4 nitrogen and oxygen atoms in total. The van der Waals surface area contributed by atoms with Crippen molar-refractivity contribution in [1.82, 2.24) is 15.2 Å².